The van der Waals surface area contributed by atoms with E-state index in [4.69, 9.17) is 4.74 Å². The molecule has 1 aromatic carbocycles. The molecule has 1 aromatic rings. The number of hydrogen-bond donors (Lipinski definition) is 0. The Hall–Kier alpha value is -1.77. The highest BCUT2D eigenvalue weighted by Gasteiger charge is 2.08. The van der Waals surface area contributed by atoms with Crippen LogP contribution < -0.4 is 4.74 Å². The van der Waals surface area contributed by atoms with Gasteiger partial charge >= 0.3 is 5.97 Å². The normalized spacial score (nSPS) is 9.53. The number of carbonyl (C=O) groups is 1. The predicted molar refractivity (Wildman–Crippen MR) is 58.0 cm³/mol. The average Bonchev–Trinajstić information content (AvgIpc) is 2.19. The molecule has 0 aliphatic heterocycles. The van der Waals surface area contributed by atoms with Crippen LogP contribution in [0.1, 0.15) is 22.8 Å². The van der Waals surface area contributed by atoms with Crippen molar-refractivity contribution in [3.63, 3.8) is 0 Å². The third kappa shape index (κ3) is 2.84. The van der Waals surface area contributed by atoms with Gasteiger partial charge in [0, 0.05) is 0 Å². The quantitative estimate of drug-likeness (QED) is 0.563. The second-order valence-corrected chi connectivity index (χ2v) is 3.28. The third-order valence-corrected chi connectivity index (χ3v) is 1.89. The van der Waals surface area contributed by atoms with Crippen LogP contribution >= 0.6 is 0 Å². The molecule has 0 fully saturated rings. The van der Waals surface area contributed by atoms with Crippen LogP contribution in [0.4, 0.5) is 0 Å². The molecule has 0 atom stereocenters. The van der Waals surface area contributed by atoms with Gasteiger partial charge in [0.15, 0.2) is 0 Å². The molecule has 0 unspecified atom stereocenters. The second kappa shape index (κ2) is 4.64. The fourth-order valence-corrected chi connectivity index (χ4v) is 1.14. The lowest BCUT2D eigenvalue weighted by Crippen LogP contribution is -2.02. The van der Waals surface area contributed by atoms with E-state index in [0.29, 0.717) is 17.1 Å². The number of carbonyl (C=O) groups excluding carboxylic acids is 1. The summed E-state index contributed by atoms with van der Waals surface area (Å²) in [7, 11) is 1.35. The van der Waals surface area contributed by atoms with Gasteiger partial charge in [-0.2, -0.15) is 0 Å². The van der Waals surface area contributed by atoms with Gasteiger partial charge < -0.3 is 9.47 Å². The van der Waals surface area contributed by atoms with Crippen molar-refractivity contribution in [3.05, 3.63) is 41.7 Å². The highest BCUT2D eigenvalue weighted by molar-refractivity contribution is 5.89. The Balaban J connectivity index is 3.05. The van der Waals surface area contributed by atoms with E-state index in [2.05, 4.69) is 11.3 Å². The SMILES string of the molecule is C=C(C)Oc1cc(C(=O)OC)ccc1C. The third-order valence-electron chi connectivity index (χ3n) is 1.89. The van der Waals surface area contributed by atoms with Gasteiger partial charge in [0.05, 0.1) is 18.4 Å². The number of benzene rings is 1. The summed E-state index contributed by atoms with van der Waals surface area (Å²) < 4.78 is 10.00. The van der Waals surface area contributed by atoms with Crippen LogP contribution in [0.15, 0.2) is 30.5 Å². The summed E-state index contributed by atoms with van der Waals surface area (Å²) in [4.78, 5) is 11.3. The summed E-state index contributed by atoms with van der Waals surface area (Å²) in [5, 5.41) is 0. The van der Waals surface area contributed by atoms with Gasteiger partial charge in [-0.05, 0) is 31.5 Å². The Morgan fingerprint density at radius 2 is 2.07 bits per heavy atom. The van der Waals surface area contributed by atoms with E-state index in [1.54, 1.807) is 19.1 Å². The van der Waals surface area contributed by atoms with Crippen LogP contribution in [0, 0.1) is 6.92 Å². The van der Waals surface area contributed by atoms with Gasteiger partial charge in [0.25, 0.3) is 0 Å². The van der Waals surface area contributed by atoms with E-state index in [-0.39, 0.29) is 5.97 Å². The zero-order valence-corrected chi connectivity index (χ0v) is 9.16. The Labute approximate surface area is 89.3 Å². The Morgan fingerprint density at radius 3 is 2.60 bits per heavy atom. The molecule has 1 rings (SSSR count). The molecule has 3 heteroatoms. The smallest absolute Gasteiger partial charge is 0.337 e. The van der Waals surface area contributed by atoms with Gasteiger partial charge in [-0.1, -0.05) is 12.6 Å². The maximum absolute atomic E-state index is 11.3. The largest absolute Gasteiger partial charge is 0.465 e. The lowest BCUT2D eigenvalue weighted by molar-refractivity contribution is 0.0600. The minimum Gasteiger partial charge on any atom is -0.465 e. The lowest BCUT2D eigenvalue weighted by atomic mass is 10.1. The van der Waals surface area contributed by atoms with Crippen molar-refractivity contribution >= 4 is 5.97 Å². The molecule has 3 nitrogen and oxygen atoms in total. The van der Waals surface area contributed by atoms with Gasteiger partial charge in [-0.15, -0.1) is 0 Å². The van der Waals surface area contributed by atoms with Gasteiger partial charge in [0.2, 0.25) is 0 Å². The van der Waals surface area contributed by atoms with E-state index in [1.807, 2.05) is 13.0 Å². The van der Waals surface area contributed by atoms with Crippen LogP contribution in [0.5, 0.6) is 5.75 Å². The molecule has 0 aromatic heterocycles. The Morgan fingerprint density at radius 1 is 1.40 bits per heavy atom. The van der Waals surface area contributed by atoms with Gasteiger partial charge in [-0.25, -0.2) is 4.79 Å². The van der Waals surface area contributed by atoms with E-state index >= 15 is 0 Å². The van der Waals surface area contributed by atoms with Crippen molar-refractivity contribution < 1.29 is 14.3 Å². The second-order valence-electron chi connectivity index (χ2n) is 3.28. The van der Waals surface area contributed by atoms with E-state index < -0.39 is 0 Å². The standard InChI is InChI=1S/C12H14O3/c1-8(2)15-11-7-10(12(13)14-4)6-5-9(11)3/h5-7H,1H2,2-4H3. The average molecular weight is 206 g/mol. The molecule has 0 saturated carbocycles. The first-order chi connectivity index (χ1) is 7.04. The van der Waals surface area contributed by atoms with Crippen LogP contribution in [0.2, 0.25) is 0 Å². The minimum atomic E-state index is -0.374. The van der Waals surface area contributed by atoms with Gasteiger partial charge in [0.1, 0.15) is 5.75 Å². The number of allylic oxidation sites excluding steroid dienone is 1. The molecule has 15 heavy (non-hydrogen) atoms. The molecule has 0 radical (unpaired) electrons. The lowest BCUT2D eigenvalue weighted by Gasteiger charge is -2.09. The summed E-state index contributed by atoms with van der Waals surface area (Å²) in [5.74, 6) is 0.840. The summed E-state index contributed by atoms with van der Waals surface area (Å²) >= 11 is 0. The van der Waals surface area contributed by atoms with Crippen molar-refractivity contribution in [2.45, 2.75) is 13.8 Å². The molecule has 0 aliphatic rings. The predicted octanol–water partition coefficient (Wildman–Crippen LogP) is 2.69. The monoisotopic (exact) mass is 206 g/mol. The van der Waals surface area contributed by atoms with E-state index in [9.17, 15) is 4.79 Å². The van der Waals surface area contributed by atoms with Crippen molar-refractivity contribution in [1.82, 2.24) is 0 Å². The number of methoxy groups -OCH3 is 1. The van der Waals surface area contributed by atoms with Crippen molar-refractivity contribution in [1.29, 1.82) is 0 Å². The highest BCUT2D eigenvalue weighted by atomic mass is 16.5. The number of hydrogen-bond acceptors (Lipinski definition) is 3. The maximum atomic E-state index is 11.3. The zero-order chi connectivity index (χ0) is 11.4. The minimum absolute atomic E-state index is 0.374. The molecule has 0 aliphatic carbocycles. The van der Waals surface area contributed by atoms with Crippen LogP contribution in [0.3, 0.4) is 0 Å². The van der Waals surface area contributed by atoms with Crippen LogP contribution in [0.25, 0.3) is 0 Å². The summed E-state index contributed by atoms with van der Waals surface area (Å²) in [6.07, 6.45) is 0. The summed E-state index contributed by atoms with van der Waals surface area (Å²) in [5.41, 5.74) is 1.42. The molecular weight excluding hydrogens is 192 g/mol. The zero-order valence-electron chi connectivity index (χ0n) is 9.16. The molecule has 0 bridgehead atoms. The fourth-order valence-electron chi connectivity index (χ4n) is 1.14. The van der Waals surface area contributed by atoms with Crippen LogP contribution in [-0.2, 0) is 4.74 Å². The molecule has 0 amide bonds. The van der Waals surface area contributed by atoms with Crippen molar-refractivity contribution in [3.8, 4) is 5.75 Å². The number of esters is 1. The van der Waals surface area contributed by atoms with Crippen molar-refractivity contribution in [2.24, 2.45) is 0 Å². The number of ether oxygens (including phenoxy) is 2. The molecular formula is C12H14O3. The molecule has 80 valence electrons. The van der Waals surface area contributed by atoms with Crippen LogP contribution in [-0.4, -0.2) is 13.1 Å². The molecule has 0 N–H and O–H groups in total. The number of rotatable bonds is 3. The first kappa shape index (κ1) is 11.3. The van der Waals surface area contributed by atoms with Gasteiger partial charge in [-0.3, -0.25) is 0 Å². The highest BCUT2D eigenvalue weighted by Crippen LogP contribution is 2.21. The van der Waals surface area contributed by atoms with E-state index in [1.165, 1.54) is 7.11 Å². The Bertz CT molecular complexity index is 394. The molecule has 0 spiro atoms. The molecule has 0 heterocycles. The first-order valence-electron chi connectivity index (χ1n) is 4.57. The summed E-state index contributed by atoms with van der Waals surface area (Å²) in [6, 6.07) is 5.16. The Kier molecular flexibility index (Phi) is 3.50. The topological polar surface area (TPSA) is 35.5 Å². The first-order valence-corrected chi connectivity index (χ1v) is 4.57. The van der Waals surface area contributed by atoms with E-state index in [0.717, 1.165) is 5.56 Å². The summed E-state index contributed by atoms with van der Waals surface area (Å²) in [6.45, 7) is 7.30. The molecule has 0 saturated heterocycles. The number of aryl methyl sites for hydroxylation is 1. The maximum Gasteiger partial charge on any atom is 0.337 e. The fraction of sp³-hybridized carbons (Fsp3) is 0.250. The van der Waals surface area contributed by atoms with Crippen molar-refractivity contribution in [2.75, 3.05) is 7.11 Å².